The van der Waals surface area contributed by atoms with Gasteiger partial charge in [-0.2, -0.15) is 0 Å². The van der Waals surface area contributed by atoms with Crippen molar-refractivity contribution in [3.8, 4) is 22.3 Å². The fourth-order valence-corrected chi connectivity index (χ4v) is 7.32. The Bertz CT molecular complexity index is 1740. The molecular weight excluding hydrogens is 570 g/mol. The lowest BCUT2D eigenvalue weighted by molar-refractivity contribution is 0.000198. The van der Waals surface area contributed by atoms with Crippen molar-refractivity contribution >= 4 is 15.9 Å². The van der Waals surface area contributed by atoms with E-state index in [0.717, 1.165) is 54.5 Å². The zero-order valence-corrected chi connectivity index (χ0v) is 23.7. The number of halogens is 1. The second kappa shape index (κ2) is 9.37. The molecule has 1 heterocycles. The summed E-state index contributed by atoms with van der Waals surface area (Å²) in [6, 6.07) is 42.1. The second-order valence-corrected chi connectivity index (χ2v) is 11.9. The molecule has 1 N–H and O–H groups in total. The highest BCUT2D eigenvalue weighted by molar-refractivity contribution is 9.10. The van der Waals surface area contributed by atoms with Crippen LogP contribution in [0.25, 0.3) is 22.3 Å². The van der Waals surface area contributed by atoms with Gasteiger partial charge in [0.05, 0.1) is 12.7 Å². The Hall–Kier alpha value is -4.32. The Morgan fingerprint density at radius 2 is 1.02 bits per heavy atom. The van der Waals surface area contributed by atoms with Gasteiger partial charge >= 0.3 is 0 Å². The Morgan fingerprint density at radius 3 is 1.46 bits per heavy atom. The van der Waals surface area contributed by atoms with E-state index in [1.165, 1.54) is 0 Å². The van der Waals surface area contributed by atoms with Crippen molar-refractivity contribution < 1.29 is 5.11 Å². The summed E-state index contributed by atoms with van der Waals surface area (Å²) in [5.41, 5.74) is 9.36. The van der Waals surface area contributed by atoms with Gasteiger partial charge in [0, 0.05) is 16.3 Å². The van der Waals surface area contributed by atoms with Gasteiger partial charge in [-0.1, -0.05) is 130 Å². The Morgan fingerprint density at radius 1 is 0.610 bits per heavy atom. The predicted molar refractivity (Wildman–Crippen MR) is 165 cm³/mol. The van der Waals surface area contributed by atoms with Crippen LogP contribution in [0, 0.1) is 0 Å². The van der Waals surface area contributed by atoms with Crippen LogP contribution in [-0.4, -0.2) is 20.1 Å². The number of hydrogen-bond acceptors (Lipinski definition) is 3. The Balaban J connectivity index is 1.37. The molecule has 0 aliphatic heterocycles. The van der Waals surface area contributed by atoms with Crippen molar-refractivity contribution in [2.75, 3.05) is 0 Å². The number of benzene rings is 5. The molecule has 5 aromatic carbocycles. The van der Waals surface area contributed by atoms with E-state index in [9.17, 15) is 5.11 Å². The molecule has 0 atom stereocenters. The highest BCUT2D eigenvalue weighted by Gasteiger charge is 2.55. The number of aliphatic hydroxyl groups is 1. The fraction of sp³-hybridized carbons (Fsp3) is 0.111. The standard InChI is InChI=1S/C36H26BrN3O/c37-24-19-17-23(18-20-24)21-40-22-33(38-39-40)36(41,34-29-13-5-1-9-25(29)26-10-2-6-14-30(26)34)35-31-15-7-3-11-27(31)28-12-4-8-16-32(28)35/h1-20,22,34-35,41H,21H2. The number of hydrogen-bond donors (Lipinski definition) is 1. The second-order valence-electron chi connectivity index (χ2n) is 11.0. The van der Waals surface area contributed by atoms with E-state index in [4.69, 9.17) is 5.10 Å². The average molecular weight is 597 g/mol. The van der Waals surface area contributed by atoms with Crippen LogP contribution in [0.15, 0.2) is 132 Å². The Kier molecular flexibility index (Phi) is 5.59. The lowest BCUT2D eigenvalue weighted by atomic mass is 9.67. The maximum atomic E-state index is 13.6. The number of aromatic nitrogens is 3. The van der Waals surface area contributed by atoms with Crippen molar-refractivity contribution in [2.24, 2.45) is 0 Å². The largest absolute Gasteiger partial charge is 0.381 e. The first-order valence-electron chi connectivity index (χ1n) is 13.9. The minimum Gasteiger partial charge on any atom is -0.381 e. The summed E-state index contributed by atoms with van der Waals surface area (Å²) in [4.78, 5) is 0. The summed E-state index contributed by atoms with van der Waals surface area (Å²) in [6.07, 6.45) is 1.94. The molecule has 0 amide bonds. The molecule has 0 spiro atoms. The van der Waals surface area contributed by atoms with E-state index < -0.39 is 5.60 Å². The molecule has 198 valence electrons. The Labute approximate surface area is 247 Å². The van der Waals surface area contributed by atoms with Crippen molar-refractivity contribution in [3.05, 3.63) is 166 Å². The maximum absolute atomic E-state index is 13.6. The normalized spacial score (nSPS) is 14.0. The third kappa shape index (κ3) is 3.69. The molecule has 0 bridgehead atoms. The zero-order chi connectivity index (χ0) is 27.6. The van der Waals surface area contributed by atoms with Crippen LogP contribution < -0.4 is 0 Å². The van der Waals surface area contributed by atoms with Crippen LogP contribution >= 0.6 is 15.9 Å². The lowest BCUT2D eigenvalue weighted by Gasteiger charge is -2.39. The van der Waals surface area contributed by atoms with E-state index in [-0.39, 0.29) is 11.8 Å². The van der Waals surface area contributed by atoms with Crippen LogP contribution in [0.1, 0.15) is 45.3 Å². The van der Waals surface area contributed by atoms with Crippen LogP contribution in [0.5, 0.6) is 0 Å². The van der Waals surface area contributed by atoms with Gasteiger partial charge in [-0.05, 0) is 62.2 Å². The molecule has 2 aliphatic rings. The summed E-state index contributed by atoms with van der Waals surface area (Å²) in [5.74, 6) is -0.672. The van der Waals surface area contributed by atoms with Crippen LogP contribution in [-0.2, 0) is 12.1 Å². The fourth-order valence-electron chi connectivity index (χ4n) is 7.06. The van der Waals surface area contributed by atoms with E-state index in [1.807, 2.05) is 23.0 Å². The summed E-state index contributed by atoms with van der Waals surface area (Å²) >= 11 is 3.52. The minimum atomic E-state index is -1.41. The molecule has 0 radical (unpaired) electrons. The molecule has 5 heteroatoms. The van der Waals surface area contributed by atoms with Crippen molar-refractivity contribution in [1.29, 1.82) is 0 Å². The SMILES string of the molecule is OC(c1cn(Cc2ccc(Br)cc2)nn1)(C1c2ccccc2-c2ccccc21)C1c2ccccc2-c2ccccc21. The molecule has 4 nitrogen and oxygen atoms in total. The quantitative estimate of drug-likeness (QED) is 0.220. The van der Waals surface area contributed by atoms with Gasteiger partial charge < -0.3 is 5.11 Å². The summed E-state index contributed by atoms with van der Waals surface area (Å²) in [5, 5.41) is 22.9. The highest BCUT2D eigenvalue weighted by atomic mass is 79.9. The van der Waals surface area contributed by atoms with Crippen LogP contribution in [0.4, 0.5) is 0 Å². The lowest BCUT2D eigenvalue weighted by Crippen LogP contribution is -2.40. The van der Waals surface area contributed by atoms with E-state index in [0.29, 0.717) is 12.2 Å². The van der Waals surface area contributed by atoms with E-state index in [2.05, 4.69) is 130 Å². The summed E-state index contributed by atoms with van der Waals surface area (Å²) in [6.45, 7) is 0.562. The predicted octanol–water partition coefficient (Wildman–Crippen LogP) is 7.90. The van der Waals surface area contributed by atoms with E-state index >= 15 is 0 Å². The minimum absolute atomic E-state index is 0.336. The molecule has 1 aromatic heterocycles. The molecular formula is C36H26BrN3O. The number of rotatable bonds is 5. The first-order valence-corrected chi connectivity index (χ1v) is 14.7. The molecule has 0 fully saturated rings. The van der Waals surface area contributed by atoms with Crippen LogP contribution in [0.3, 0.4) is 0 Å². The third-order valence-corrected chi connectivity index (χ3v) is 9.28. The van der Waals surface area contributed by atoms with Gasteiger partial charge in [-0.15, -0.1) is 5.10 Å². The summed E-state index contributed by atoms with van der Waals surface area (Å²) < 4.78 is 2.87. The average Bonchev–Trinajstić information content (AvgIpc) is 3.71. The topological polar surface area (TPSA) is 50.9 Å². The third-order valence-electron chi connectivity index (χ3n) is 8.75. The first-order chi connectivity index (χ1) is 20.1. The van der Waals surface area contributed by atoms with Gasteiger partial charge in [0.2, 0.25) is 0 Å². The molecule has 0 saturated heterocycles. The van der Waals surface area contributed by atoms with Crippen molar-refractivity contribution in [1.82, 2.24) is 15.0 Å². The molecule has 2 aliphatic carbocycles. The molecule has 41 heavy (non-hydrogen) atoms. The molecule has 0 saturated carbocycles. The van der Waals surface area contributed by atoms with Gasteiger partial charge in [0.1, 0.15) is 11.3 Å². The van der Waals surface area contributed by atoms with E-state index in [1.54, 1.807) is 0 Å². The van der Waals surface area contributed by atoms with Crippen LogP contribution in [0.2, 0.25) is 0 Å². The zero-order valence-electron chi connectivity index (χ0n) is 22.2. The van der Waals surface area contributed by atoms with Crippen molar-refractivity contribution in [3.63, 3.8) is 0 Å². The van der Waals surface area contributed by atoms with Gasteiger partial charge in [-0.3, -0.25) is 0 Å². The first kappa shape index (κ1) is 24.5. The molecule has 6 aromatic rings. The molecule has 8 rings (SSSR count). The molecule has 0 unspecified atom stereocenters. The maximum Gasteiger partial charge on any atom is 0.132 e. The van der Waals surface area contributed by atoms with Gasteiger partial charge in [0.25, 0.3) is 0 Å². The van der Waals surface area contributed by atoms with Crippen molar-refractivity contribution in [2.45, 2.75) is 24.0 Å². The monoisotopic (exact) mass is 595 g/mol. The summed E-state index contributed by atoms with van der Waals surface area (Å²) in [7, 11) is 0. The van der Waals surface area contributed by atoms with Gasteiger partial charge in [0.15, 0.2) is 0 Å². The number of nitrogens with zero attached hydrogens (tertiary/aromatic N) is 3. The van der Waals surface area contributed by atoms with Gasteiger partial charge in [-0.25, -0.2) is 4.68 Å². The highest BCUT2D eigenvalue weighted by Crippen LogP contribution is 2.61. The number of fused-ring (bicyclic) bond motifs is 6. The smallest absolute Gasteiger partial charge is 0.132 e.